The summed E-state index contributed by atoms with van der Waals surface area (Å²) in [7, 11) is 3.68. The maximum absolute atomic E-state index is 12.4. The number of likely N-dealkylation sites (N-methyl/N-ethyl adjacent to an activating group) is 1. The van der Waals surface area contributed by atoms with E-state index in [0.717, 1.165) is 57.9 Å². The number of nitrogens with zero attached hydrogens (tertiary/aromatic N) is 6. The third kappa shape index (κ3) is 3.31. The second-order valence-corrected chi connectivity index (χ2v) is 9.67. The fourth-order valence-corrected chi connectivity index (χ4v) is 5.35. The van der Waals surface area contributed by atoms with Gasteiger partial charge in [-0.1, -0.05) is 12.1 Å². The summed E-state index contributed by atoms with van der Waals surface area (Å²) in [6, 6.07) is 8.49. The van der Waals surface area contributed by atoms with Gasteiger partial charge in [0.05, 0.1) is 34.7 Å². The lowest BCUT2D eigenvalue weighted by atomic mass is 9.98. The van der Waals surface area contributed by atoms with Gasteiger partial charge < -0.3 is 14.8 Å². The molecule has 0 bridgehead atoms. The van der Waals surface area contributed by atoms with E-state index in [1.54, 1.807) is 7.05 Å². The monoisotopic (exact) mass is 456 g/mol. The van der Waals surface area contributed by atoms with Crippen LogP contribution in [0.5, 0.6) is 0 Å². The maximum atomic E-state index is 12.4. The lowest BCUT2D eigenvalue weighted by molar-refractivity contribution is -0.546. The summed E-state index contributed by atoms with van der Waals surface area (Å²) in [5, 5.41) is 8.44. The average Bonchev–Trinajstić information content (AvgIpc) is 3.53. The molecule has 2 aromatic heterocycles. The van der Waals surface area contributed by atoms with Crippen LogP contribution in [-0.2, 0) is 13.1 Å². The molecule has 0 unspecified atom stereocenters. The highest BCUT2D eigenvalue weighted by Gasteiger charge is 2.34. The van der Waals surface area contributed by atoms with Crippen molar-refractivity contribution in [2.75, 3.05) is 27.2 Å². The fraction of sp³-hybridized carbons (Fsp3) is 0.423. The van der Waals surface area contributed by atoms with E-state index in [-0.39, 0.29) is 6.03 Å². The molecule has 2 aliphatic heterocycles. The Morgan fingerprint density at radius 3 is 2.68 bits per heavy atom. The molecule has 8 nitrogen and oxygen atoms in total. The van der Waals surface area contributed by atoms with Crippen molar-refractivity contribution in [2.24, 2.45) is 5.11 Å². The van der Waals surface area contributed by atoms with E-state index in [2.05, 4.69) is 53.1 Å². The number of hydrogen-bond acceptors (Lipinski definition) is 4. The Labute approximate surface area is 199 Å². The van der Waals surface area contributed by atoms with Gasteiger partial charge >= 0.3 is 6.03 Å². The predicted molar refractivity (Wildman–Crippen MR) is 131 cm³/mol. The Morgan fingerprint density at radius 2 is 1.97 bits per heavy atom. The molecule has 4 heterocycles. The van der Waals surface area contributed by atoms with Crippen LogP contribution in [-0.4, -0.2) is 57.3 Å². The fourth-order valence-electron chi connectivity index (χ4n) is 5.35. The highest BCUT2D eigenvalue weighted by molar-refractivity contribution is 5.96. The molecule has 1 aromatic carbocycles. The second kappa shape index (κ2) is 7.75. The first-order chi connectivity index (χ1) is 16.4. The molecule has 0 atom stereocenters. The van der Waals surface area contributed by atoms with E-state index in [4.69, 9.17) is 9.97 Å². The van der Waals surface area contributed by atoms with Crippen LogP contribution < -0.4 is 5.32 Å². The zero-order valence-corrected chi connectivity index (χ0v) is 20.2. The third-order valence-corrected chi connectivity index (χ3v) is 7.21. The zero-order valence-electron chi connectivity index (χ0n) is 20.2. The molecule has 1 aliphatic carbocycles. The number of aryl methyl sites for hydroxylation is 1. The number of rotatable bonds is 3. The zero-order chi connectivity index (χ0) is 23.6. The molecule has 174 valence electrons. The molecule has 34 heavy (non-hydrogen) atoms. The lowest BCUT2D eigenvalue weighted by Gasteiger charge is -2.29. The van der Waals surface area contributed by atoms with Crippen LogP contribution in [0, 0.1) is 6.92 Å². The minimum atomic E-state index is -0.0398. The van der Waals surface area contributed by atoms with Crippen LogP contribution in [0.4, 0.5) is 4.79 Å². The van der Waals surface area contributed by atoms with Gasteiger partial charge in [-0.05, 0) is 49.5 Å². The van der Waals surface area contributed by atoms with Gasteiger partial charge in [0.1, 0.15) is 11.5 Å². The molecular weight excluding hydrogens is 426 g/mol. The van der Waals surface area contributed by atoms with Crippen molar-refractivity contribution in [3.8, 4) is 11.3 Å². The molecule has 6 rings (SSSR count). The molecule has 1 fully saturated rings. The van der Waals surface area contributed by atoms with Gasteiger partial charge in [0, 0.05) is 37.0 Å². The van der Waals surface area contributed by atoms with Gasteiger partial charge in [-0.15, -0.1) is 4.70 Å². The summed E-state index contributed by atoms with van der Waals surface area (Å²) in [4.78, 5) is 24.6. The number of nitrogens with one attached hydrogen (secondary N) is 1. The Kier molecular flexibility index (Phi) is 4.79. The number of carbonyl (C=O) groups excluding carboxylic acids is 1. The number of azo groups is 2. The summed E-state index contributed by atoms with van der Waals surface area (Å²) >= 11 is 0. The quantitative estimate of drug-likeness (QED) is 0.598. The van der Waals surface area contributed by atoms with Crippen LogP contribution in [0.2, 0.25) is 0 Å². The first kappa shape index (κ1) is 21.0. The number of amides is 2. The van der Waals surface area contributed by atoms with E-state index in [0.29, 0.717) is 19.0 Å². The van der Waals surface area contributed by atoms with Crippen LogP contribution in [0.15, 0.2) is 35.1 Å². The molecule has 0 radical (unpaired) electrons. The lowest BCUT2D eigenvalue weighted by Crippen LogP contribution is -2.43. The van der Waals surface area contributed by atoms with E-state index < -0.39 is 0 Å². The van der Waals surface area contributed by atoms with Crippen molar-refractivity contribution in [3.63, 3.8) is 0 Å². The number of hydrogen-bond donors (Lipinski definition) is 1. The molecular formula is C26H30N7O+. The number of pyridine rings is 1. The summed E-state index contributed by atoms with van der Waals surface area (Å²) in [6.07, 6.45) is 2.39. The minimum Gasteiger partial charge on any atom is -0.341 e. The normalized spacial score (nSPS) is 17.9. The highest BCUT2D eigenvalue weighted by Crippen LogP contribution is 2.43. The average molecular weight is 457 g/mol. The molecule has 2 amide bonds. The van der Waals surface area contributed by atoms with Crippen molar-refractivity contribution >= 4 is 22.5 Å². The molecule has 1 saturated carbocycles. The van der Waals surface area contributed by atoms with Crippen molar-refractivity contribution in [1.82, 2.24) is 24.8 Å². The third-order valence-electron chi connectivity index (χ3n) is 7.21. The second-order valence-electron chi connectivity index (χ2n) is 9.67. The van der Waals surface area contributed by atoms with Gasteiger partial charge in [0.15, 0.2) is 13.6 Å². The van der Waals surface area contributed by atoms with Gasteiger partial charge in [-0.3, -0.25) is 0 Å². The Balaban J connectivity index is 1.49. The standard InChI is InChI=1S/C26H29N7O/c1-15-12-19-18(6-5-7-21(19)28-23(15)20-13-31(4)30-16(20)2)24-22-14-32(26(34)27-3)10-11-33(22)25(29-24)17-8-9-17/h5-7,12,17H,8-11,13-14H2,1-4H3/p+1. The molecule has 1 N–H and O–H groups in total. The number of fused-ring (bicyclic) bond motifs is 2. The molecule has 0 saturated heterocycles. The molecule has 8 heteroatoms. The summed E-state index contributed by atoms with van der Waals surface area (Å²) < 4.78 is 4.32. The van der Waals surface area contributed by atoms with Crippen molar-refractivity contribution < 1.29 is 9.49 Å². The molecule has 0 spiro atoms. The first-order valence-corrected chi connectivity index (χ1v) is 12.0. The Hall–Kier alpha value is -3.55. The predicted octanol–water partition coefficient (Wildman–Crippen LogP) is 4.28. The maximum Gasteiger partial charge on any atom is 0.317 e. The van der Waals surface area contributed by atoms with E-state index >= 15 is 0 Å². The largest absolute Gasteiger partial charge is 0.341 e. The molecule has 3 aliphatic rings. The number of imidazole rings is 1. The van der Waals surface area contributed by atoms with Crippen LogP contribution in [0.3, 0.4) is 0 Å². The number of allylic oxidation sites excluding steroid dienone is 1. The van der Waals surface area contributed by atoms with E-state index in [1.165, 1.54) is 24.2 Å². The van der Waals surface area contributed by atoms with Gasteiger partial charge in [-0.25, -0.2) is 14.8 Å². The van der Waals surface area contributed by atoms with Gasteiger partial charge in [0.2, 0.25) is 0 Å². The minimum absolute atomic E-state index is 0.0398. The number of urea groups is 1. The van der Waals surface area contributed by atoms with Crippen LogP contribution in [0.1, 0.15) is 48.5 Å². The van der Waals surface area contributed by atoms with Crippen LogP contribution >= 0.6 is 0 Å². The summed E-state index contributed by atoms with van der Waals surface area (Å²) in [5.74, 6) is 1.72. The van der Waals surface area contributed by atoms with E-state index in [9.17, 15) is 4.79 Å². The number of carbonyl (C=O) groups is 1. The van der Waals surface area contributed by atoms with Gasteiger partial charge in [0.25, 0.3) is 0 Å². The topological polar surface area (TPSA) is 78.4 Å². The Bertz CT molecular complexity index is 1410. The first-order valence-electron chi connectivity index (χ1n) is 12.0. The smallest absolute Gasteiger partial charge is 0.317 e. The Morgan fingerprint density at radius 1 is 1.15 bits per heavy atom. The summed E-state index contributed by atoms with van der Waals surface area (Å²) in [6.45, 7) is 7.02. The van der Waals surface area contributed by atoms with Crippen molar-refractivity contribution in [2.45, 2.75) is 45.7 Å². The van der Waals surface area contributed by atoms with Crippen molar-refractivity contribution in [1.29, 1.82) is 0 Å². The van der Waals surface area contributed by atoms with Gasteiger partial charge in [-0.2, -0.15) is 0 Å². The van der Waals surface area contributed by atoms with E-state index in [1.807, 2.05) is 16.6 Å². The summed E-state index contributed by atoms with van der Waals surface area (Å²) in [5.41, 5.74) is 8.54. The van der Waals surface area contributed by atoms with Crippen molar-refractivity contribution in [3.05, 3.63) is 52.7 Å². The molecule has 3 aromatic rings. The van der Waals surface area contributed by atoms with Crippen LogP contribution in [0.25, 0.3) is 27.7 Å². The highest BCUT2D eigenvalue weighted by atomic mass is 16.2. The SMILES string of the molecule is CNC(=O)N1CCn2c(C3CC3)nc(-c3cccc4nc(C5=C(C)N=[N+](C)C5)c(C)cc34)c2C1. The number of aromatic nitrogens is 3. The number of benzene rings is 1.